The molecule has 3 aromatic rings. The van der Waals surface area contributed by atoms with Crippen molar-refractivity contribution in [2.45, 2.75) is 5.92 Å². The molecule has 5 nitrogen and oxygen atoms in total. The third-order valence-corrected chi connectivity index (χ3v) is 5.39. The van der Waals surface area contributed by atoms with Gasteiger partial charge >= 0.3 is 0 Å². The first-order valence-electron chi connectivity index (χ1n) is 9.09. The van der Waals surface area contributed by atoms with Gasteiger partial charge in [-0.3, -0.25) is 9.59 Å². The molecule has 29 heavy (non-hydrogen) atoms. The van der Waals surface area contributed by atoms with Crippen LogP contribution in [0.15, 0.2) is 89.5 Å². The highest BCUT2D eigenvalue weighted by molar-refractivity contribution is 6.27. The zero-order chi connectivity index (χ0) is 20.1. The SMILES string of the molecule is N#CC1=C(N)OC2=C(C(=O)c3ccccc3C2=O)C1c1ccc2ccccc2c1. The summed E-state index contributed by atoms with van der Waals surface area (Å²) in [6.45, 7) is 0. The summed E-state index contributed by atoms with van der Waals surface area (Å²) >= 11 is 0. The minimum atomic E-state index is -0.766. The van der Waals surface area contributed by atoms with Gasteiger partial charge in [-0.2, -0.15) is 5.26 Å². The lowest BCUT2D eigenvalue weighted by Crippen LogP contribution is -2.32. The summed E-state index contributed by atoms with van der Waals surface area (Å²) in [5.41, 5.74) is 7.58. The highest BCUT2D eigenvalue weighted by atomic mass is 16.5. The molecule has 1 aliphatic heterocycles. The summed E-state index contributed by atoms with van der Waals surface area (Å²) in [5.74, 6) is -1.74. The van der Waals surface area contributed by atoms with Crippen LogP contribution in [-0.2, 0) is 4.74 Å². The smallest absolute Gasteiger partial charge is 0.229 e. The minimum Gasteiger partial charge on any atom is -0.436 e. The number of Topliss-reactive ketones (excluding diaryl/α,β-unsaturated/α-hetero) is 2. The lowest BCUT2D eigenvalue weighted by Gasteiger charge is -2.31. The molecule has 0 fully saturated rings. The Hall–Kier alpha value is -4.17. The van der Waals surface area contributed by atoms with E-state index >= 15 is 0 Å². The van der Waals surface area contributed by atoms with Crippen molar-refractivity contribution in [3.63, 3.8) is 0 Å². The Balaban J connectivity index is 1.77. The Morgan fingerprint density at radius 2 is 1.52 bits per heavy atom. The number of fused-ring (bicyclic) bond motifs is 2. The Labute approximate surface area is 166 Å². The number of nitrogens with zero attached hydrogens (tertiary/aromatic N) is 1. The first-order valence-corrected chi connectivity index (χ1v) is 9.09. The Kier molecular flexibility index (Phi) is 3.62. The van der Waals surface area contributed by atoms with Crippen LogP contribution >= 0.6 is 0 Å². The molecule has 138 valence electrons. The van der Waals surface area contributed by atoms with Gasteiger partial charge in [0.15, 0.2) is 11.5 Å². The first-order chi connectivity index (χ1) is 14.1. The van der Waals surface area contributed by atoms with Gasteiger partial charge in [0, 0.05) is 11.1 Å². The van der Waals surface area contributed by atoms with E-state index in [0.717, 1.165) is 10.8 Å². The average molecular weight is 378 g/mol. The van der Waals surface area contributed by atoms with Crippen LogP contribution in [0, 0.1) is 11.3 Å². The van der Waals surface area contributed by atoms with Crippen LogP contribution in [0.3, 0.4) is 0 Å². The van der Waals surface area contributed by atoms with Gasteiger partial charge < -0.3 is 10.5 Å². The molecule has 0 amide bonds. The van der Waals surface area contributed by atoms with Crippen molar-refractivity contribution in [1.29, 1.82) is 5.26 Å². The molecule has 5 rings (SSSR count). The summed E-state index contributed by atoms with van der Waals surface area (Å²) in [6, 6.07) is 22.2. The molecule has 3 aromatic carbocycles. The number of benzene rings is 3. The van der Waals surface area contributed by atoms with Crippen molar-refractivity contribution >= 4 is 22.3 Å². The van der Waals surface area contributed by atoms with Crippen molar-refractivity contribution < 1.29 is 14.3 Å². The van der Waals surface area contributed by atoms with Crippen molar-refractivity contribution in [3.05, 3.63) is 106 Å². The minimum absolute atomic E-state index is 0.0941. The predicted molar refractivity (Wildman–Crippen MR) is 107 cm³/mol. The first kappa shape index (κ1) is 17.0. The fourth-order valence-electron chi connectivity index (χ4n) is 4.03. The molecular formula is C24H14N2O3. The van der Waals surface area contributed by atoms with E-state index in [-0.39, 0.29) is 34.1 Å². The van der Waals surface area contributed by atoms with Gasteiger partial charge in [0.1, 0.15) is 11.6 Å². The number of carbonyl (C=O) groups excluding carboxylic acids is 2. The van der Waals surface area contributed by atoms with E-state index in [4.69, 9.17) is 10.5 Å². The Morgan fingerprint density at radius 3 is 2.24 bits per heavy atom. The largest absolute Gasteiger partial charge is 0.436 e. The summed E-state index contributed by atoms with van der Waals surface area (Å²) in [6.07, 6.45) is 0. The fourth-order valence-corrected chi connectivity index (χ4v) is 4.03. The quantitative estimate of drug-likeness (QED) is 0.691. The van der Waals surface area contributed by atoms with Crippen LogP contribution in [0.25, 0.3) is 10.8 Å². The van der Waals surface area contributed by atoms with E-state index in [9.17, 15) is 14.9 Å². The van der Waals surface area contributed by atoms with Gasteiger partial charge in [0.05, 0.1) is 11.5 Å². The topological polar surface area (TPSA) is 93.2 Å². The number of ketones is 2. The van der Waals surface area contributed by atoms with E-state index < -0.39 is 11.7 Å². The second kappa shape index (κ2) is 6.18. The standard InChI is InChI=1S/C24H14N2O3/c25-12-18-19(15-10-9-13-5-1-2-6-14(13)11-15)20-21(27)16-7-3-4-8-17(16)22(28)23(20)29-24(18)26/h1-11,19H,26H2. The molecule has 2 aliphatic rings. The van der Waals surface area contributed by atoms with Gasteiger partial charge in [-0.05, 0) is 16.3 Å². The number of hydrogen-bond acceptors (Lipinski definition) is 5. The number of carbonyl (C=O) groups is 2. The Morgan fingerprint density at radius 1 is 0.862 bits per heavy atom. The normalized spacial score (nSPS) is 18.2. The van der Waals surface area contributed by atoms with Gasteiger partial charge in [-0.15, -0.1) is 0 Å². The average Bonchev–Trinajstić information content (AvgIpc) is 2.76. The highest BCUT2D eigenvalue weighted by Gasteiger charge is 2.43. The van der Waals surface area contributed by atoms with Gasteiger partial charge in [-0.25, -0.2) is 0 Å². The van der Waals surface area contributed by atoms with Crippen molar-refractivity contribution in [2.24, 2.45) is 5.73 Å². The molecule has 0 saturated carbocycles. The molecule has 1 aliphatic carbocycles. The fraction of sp³-hybridized carbons (Fsp3) is 0.0417. The summed E-state index contributed by atoms with van der Waals surface area (Å²) in [7, 11) is 0. The maximum absolute atomic E-state index is 13.3. The second-order valence-corrected chi connectivity index (χ2v) is 6.98. The maximum atomic E-state index is 13.3. The van der Waals surface area contributed by atoms with E-state index in [1.165, 1.54) is 0 Å². The summed E-state index contributed by atoms with van der Waals surface area (Å²) in [4.78, 5) is 26.4. The number of ether oxygens (including phenoxy) is 1. The third kappa shape index (κ3) is 2.40. The molecular weight excluding hydrogens is 364 g/mol. The van der Waals surface area contributed by atoms with Crippen molar-refractivity contribution in [3.8, 4) is 6.07 Å². The van der Waals surface area contributed by atoms with Crippen LogP contribution in [0.4, 0.5) is 0 Å². The lowest BCUT2D eigenvalue weighted by atomic mass is 9.75. The summed E-state index contributed by atoms with van der Waals surface area (Å²) in [5, 5.41) is 11.8. The highest BCUT2D eigenvalue weighted by Crippen LogP contribution is 2.44. The number of nitriles is 1. The zero-order valence-corrected chi connectivity index (χ0v) is 15.2. The number of hydrogen-bond donors (Lipinski definition) is 1. The molecule has 1 unspecified atom stereocenters. The molecule has 5 heteroatoms. The van der Waals surface area contributed by atoms with E-state index in [1.54, 1.807) is 24.3 Å². The molecule has 0 spiro atoms. The molecule has 0 bridgehead atoms. The maximum Gasteiger partial charge on any atom is 0.229 e. The monoisotopic (exact) mass is 378 g/mol. The number of allylic oxidation sites excluding steroid dienone is 3. The van der Waals surface area contributed by atoms with Gasteiger partial charge in [0.25, 0.3) is 0 Å². The molecule has 2 N–H and O–H groups in total. The zero-order valence-electron chi connectivity index (χ0n) is 15.2. The van der Waals surface area contributed by atoms with Crippen LogP contribution in [0.5, 0.6) is 0 Å². The van der Waals surface area contributed by atoms with Crippen LogP contribution in [0.2, 0.25) is 0 Å². The van der Waals surface area contributed by atoms with Crippen molar-refractivity contribution in [2.75, 3.05) is 0 Å². The van der Waals surface area contributed by atoms with Crippen LogP contribution in [0.1, 0.15) is 32.2 Å². The number of rotatable bonds is 1. The molecule has 1 atom stereocenters. The molecule has 0 radical (unpaired) electrons. The van der Waals surface area contributed by atoms with E-state index in [1.807, 2.05) is 42.5 Å². The Bertz CT molecular complexity index is 1340. The van der Waals surface area contributed by atoms with E-state index in [0.29, 0.717) is 11.1 Å². The van der Waals surface area contributed by atoms with Crippen LogP contribution < -0.4 is 5.73 Å². The van der Waals surface area contributed by atoms with Gasteiger partial charge in [-0.1, -0.05) is 66.7 Å². The third-order valence-electron chi connectivity index (χ3n) is 5.39. The second-order valence-electron chi connectivity index (χ2n) is 6.98. The molecule has 0 saturated heterocycles. The lowest BCUT2D eigenvalue weighted by molar-refractivity contribution is 0.0897. The van der Waals surface area contributed by atoms with Gasteiger partial charge in [0.2, 0.25) is 11.7 Å². The molecule has 1 heterocycles. The van der Waals surface area contributed by atoms with E-state index in [2.05, 4.69) is 6.07 Å². The van der Waals surface area contributed by atoms with Crippen LogP contribution in [-0.4, -0.2) is 11.6 Å². The molecule has 0 aromatic heterocycles. The predicted octanol–water partition coefficient (Wildman–Crippen LogP) is 3.98. The summed E-state index contributed by atoms with van der Waals surface area (Å²) < 4.78 is 5.52. The van der Waals surface area contributed by atoms with Crippen molar-refractivity contribution in [1.82, 2.24) is 0 Å². The number of nitrogens with two attached hydrogens (primary N) is 1.